The third-order valence-corrected chi connectivity index (χ3v) is 6.89. The van der Waals surface area contributed by atoms with Crippen LogP contribution in [0.2, 0.25) is 0 Å². The highest BCUT2D eigenvalue weighted by molar-refractivity contribution is 7.89. The molecule has 134 valence electrons. The van der Waals surface area contributed by atoms with Gasteiger partial charge in [0.05, 0.1) is 18.6 Å². The summed E-state index contributed by atoms with van der Waals surface area (Å²) in [7, 11) is -3.61. The molecule has 9 heteroatoms. The molecule has 0 aromatic carbocycles. The van der Waals surface area contributed by atoms with Crippen LogP contribution in [-0.4, -0.2) is 56.1 Å². The van der Waals surface area contributed by atoms with Crippen LogP contribution in [0.1, 0.15) is 31.2 Å². The second-order valence-corrected chi connectivity index (χ2v) is 8.73. The largest absolute Gasteiger partial charge is 0.379 e. The van der Waals surface area contributed by atoms with E-state index in [4.69, 9.17) is 9.26 Å². The van der Waals surface area contributed by atoms with Crippen molar-refractivity contribution in [2.75, 3.05) is 26.3 Å². The van der Waals surface area contributed by atoms with Crippen molar-refractivity contribution in [3.8, 4) is 0 Å². The number of nitrogens with zero attached hydrogens (tertiary/aromatic N) is 2. The van der Waals surface area contributed by atoms with Gasteiger partial charge in [-0.25, -0.2) is 8.42 Å². The van der Waals surface area contributed by atoms with Crippen molar-refractivity contribution in [2.45, 2.75) is 44.6 Å². The van der Waals surface area contributed by atoms with Gasteiger partial charge in [-0.15, -0.1) is 0 Å². The fraction of sp³-hybridized carbons (Fsp3) is 0.733. The molecule has 0 bridgehead atoms. The Morgan fingerprint density at radius 1 is 1.29 bits per heavy atom. The first kappa shape index (κ1) is 17.4. The van der Waals surface area contributed by atoms with Crippen molar-refractivity contribution in [1.29, 1.82) is 0 Å². The Kier molecular flexibility index (Phi) is 4.43. The molecule has 2 fully saturated rings. The third kappa shape index (κ3) is 2.96. The van der Waals surface area contributed by atoms with Crippen LogP contribution in [0.3, 0.4) is 0 Å². The van der Waals surface area contributed by atoms with Crippen LogP contribution in [-0.2, 0) is 19.6 Å². The second kappa shape index (κ2) is 6.12. The summed E-state index contributed by atoms with van der Waals surface area (Å²) in [5, 5.41) is 6.74. The predicted molar refractivity (Wildman–Crippen MR) is 84.8 cm³/mol. The summed E-state index contributed by atoms with van der Waals surface area (Å²) in [6, 6.07) is -0.00829. The van der Waals surface area contributed by atoms with E-state index in [0.717, 1.165) is 0 Å². The Morgan fingerprint density at radius 3 is 2.38 bits per heavy atom. The molecule has 0 spiro atoms. The molecule has 1 aromatic rings. The molecule has 0 radical (unpaired) electrons. The molecule has 1 N–H and O–H groups in total. The smallest absolute Gasteiger partial charge is 0.248 e. The number of hydrogen-bond donors (Lipinski definition) is 1. The number of aromatic nitrogens is 1. The Balaban J connectivity index is 1.62. The van der Waals surface area contributed by atoms with Crippen molar-refractivity contribution in [3.63, 3.8) is 0 Å². The number of aryl methyl sites for hydroxylation is 2. The molecule has 0 atom stereocenters. The molecule has 0 unspecified atom stereocenters. The molecule has 3 heterocycles. The number of amides is 1. The van der Waals surface area contributed by atoms with Gasteiger partial charge in [-0.1, -0.05) is 5.16 Å². The van der Waals surface area contributed by atoms with Gasteiger partial charge in [0.1, 0.15) is 10.6 Å². The second-order valence-electron chi connectivity index (χ2n) is 6.86. The third-order valence-electron chi connectivity index (χ3n) is 4.74. The van der Waals surface area contributed by atoms with Gasteiger partial charge in [-0.3, -0.25) is 4.79 Å². The summed E-state index contributed by atoms with van der Waals surface area (Å²) in [6.07, 6.45) is 1.18. The monoisotopic (exact) mass is 357 g/mol. The van der Waals surface area contributed by atoms with E-state index >= 15 is 0 Å². The predicted octanol–water partition coefficient (Wildman–Crippen LogP) is 0.597. The first-order valence-corrected chi connectivity index (χ1v) is 9.50. The van der Waals surface area contributed by atoms with Gasteiger partial charge in [0.15, 0.2) is 5.76 Å². The summed E-state index contributed by atoms with van der Waals surface area (Å²) >= 11 is 0. The molecule has 0 aliphatic carbocycles. The van der Waals surface area contributed by atoms with E-state index in [1.165, 1.54) is 4.31 Å². The van der Waals surface area contributed by atoms with E-state index in [2.05, 4.69) is 10.5 Å². The van der Waals surface area contributed by atoms with Crippen molar-refractivity contribution in [2.24, 2.45) is 5.41 Å². The number of ether oxygens (including phenoxy) is 1. The van der Waals surface area contributed by atoms with Crippen LogP contribution in [0, 0.1) is 19.3 Å². The molecule has 2 aliphatic heterocycles. The molecule has 0 saturated carbocycles. The van der Waals surface area contributed by atoms with Crippen molar-refractivity contribution >= 4 is 15.9 Å². The Labute approximate surface area is 141 Å². The molecule has 1 aromatic heterocycles. The van der Waals surface area contributed by atoms with Gasteiger partial charge in [-0.2, -0.15) is 4.31 Å². The van der Waals surface area contributed by atoms with Gasteiger partial charge >= 0.3 is 0 Å². The standard InChI is InChI=1S/C15H23N3O5S/c1-10-13(11(2)23-17-10)24(20,21)18-6-4-12(5-7-18)16-14(19)15(3)8-22-9-15/h12H,4-9H2,1-3H3,(H,16,19). The minimum atomic E-state index is -3.61. The van der Waals surface area contributed by atoms with Gasteiger partial charge < -0.3 is 14.6 Å². The van der Waals surface area contributed by atoms with E-state index < -0.39 is 15.4 Å². The van der Waals surface area contributed by atoms with Crippen LogP contribution < -0.4 is 5.32 Å². The first-order chi connectivity index (χ1) is 11.2. The summed E-state index contributed by atoms with van der Waals surface area (Å²) < 4.78 is 37.0. The number of nitrogens with one attached hydrogen (secondary N) is 1. The molecule has 8 nitrogen and oxygen atoms in total. The summed E-state index contributed by atoms with van der Waals surface area (Å²) in [4.78, 5) is 12.4. The Bertz CT molecular complexity index is 711. The number of carbonyl (C=O) groups excluding carboxylic acids is 1. The van der Waals surface area contributed by atoms with Crippen LogP contribution in [0.25, 0.3) is 0 Å². The highest BCUT2D eigenvalue weighted by atomic mass is 32.2. The normalized spacial score (nSPS) is 22.1. The highest BCUT2D eigenvalue weighted by Gasteiger charge is 2.42. The van der Waals surface area contributed by atoms with Crippen molar-refractivity contribution in [3.05, 3.63) is 11.5 Å². The molecule has 3 rings (SSSR count). The topological polar surface area (TPSA) is 102 Å². The Morgan fingerprint density at radius 2 is 1.92 bits per heavy atom. The average Bonchev–Trinajstić information content (AvgIpc) is 2.85. The molecular formula is C15H23N3O5S. The highest BCUT2D eigenvalue weighted by Crippen LogP contribution is 2.28. The fourth-order valence-electron chi connectivity index (χ4n) is 3.11. The maximum Gasteiger partial charge on any atom is 0.248 e. The van der Waals surface area contributed by atoms with Gasteiger partial charge in [0.25, 0.3) is 0 Å². The minimum absolute atomic E-state index is 0.00829. The number of piperidine rings is 1. The van der Waals surface area contributed by atoms with Gasteiger partial charge in [-0.05, 0) is 33.6 Å². The lowest BCUT2D eigenvalue weighted by Crippen LogP contribution is -2.56. The lowest BCUT2D eigenvalue weighted by Gasteiger charge is -2.39. The molecule has 24 heavy (non-hydrogen) atoms. The lowest BCUT2D eigenvalue weighted by molar-refractivity contribution is -0.158. The molecule has 2 aliphatic rings. The van der Waals surface area contributed by atoms with E-state index in [9.17, 15) is 13.2 Å². The quantitative estimate of drug-likeness (QED) is 0.846. The summed E-state index contributed by atoms with van der Waals surface area (Å²) in [5.41, 5.74) is -0.0688. The fourth-order valence-corrected chi connectivity index (χ4v) is 4.87. The van der Waals surface area contributed by atoms with Crippen LogP contribution in [0.15, 0.2) is 9.42 Å². The van der Waals surface area contributed by atoms with Crippen LogP contribution in [0.4, 0.5) is 0 Å². The summed E-state index contributed by atoms with van der Waals surface area (Å²) in [5.74, 6) is 0.293. The number of rotatable bonds is 4. The SMILES string of the molecule is Cc1noc(C)c1S(=O)(=O)N1CCC(NC(=O)C2(C)COC2)CC1. The zero-order chi connectivity index (χ0) is 17.5. The number of hydrogen-bond acceptors (Lipinski definition) is 6. The zero-order valence-corrected chi connectivity index (χ0v) is 15.0. The average molecular weight is 357 g/mol. The number of sulfonamides is 1. The lowest BCUT2D eigenvalue weighted by atomic mass is 9.87. The van der Waals surface area contributed by atoms with Gasteiger partial charge in [0, 0.05) is 19.1 Å². The van der Waals surface area contributed by atoms with E-state index in [0.29, 0.717) is 50.6 Å². The van der Waals surface area contributed by atoms with E-state index in [1.54, 1.807) is 13.8 Å². The van der Waals surface area contributed by atoms with E-state index in [-0.39, 0.29) is 16.8 Å². The van der Waals surface area contributed by atoms with Crippen LogP contribution in [0.5, 0.6) is 0 Å². The molecule has 2 saturated heterocycles. The maximum atomic E-state index is 12.8. The first-order valence-electron chi connectivity index (χ1n) is 8.06. The molecular weight excluding hydrogens is 334 g/mol. The van der Waals surface area contributed by atoms with Crippen molar-refractivity contribution < 1.29 is 22.5 Å². The van der Waals surface area contributed by atoms with Gasteiger partial charge in [0.2, 0.25) is 15.9 Å². The zero-order valence-electron chi connectivity index (χ0n) is 14.2. The van der Waals surface area contributed by atoms with Crippen molar-refractivity contribution in [1.82, 2.24) is 14.8 Å². The summed E-state index contributed by atoms with van der Waals surface area (Å²) in [6.45, 7) is 6.72. The number of carbonyl (C=O) groups is 1. The van der Waals surface area contributed by atoms with E-state index in [1.807, 2.05) is 6.92 Å². The maximum absolute atomic E-state index is 12.8. The van der Waals surface area contributed by atoms with Crippen LogP contribution >= 0.6 is 0 Å². The minimum Gasteiger partial charge on any atom is -0.379 e. The molecule has 1 amide bonds. The Hall–Kier alpha value is -1.45.